The predicted octanol–water partition coefficient (Wildman–Crippen LogP) is 4.71. The Kier molecular flexibility index (Phi) is 4.22. The summed E-state index contributed by atoms with van der Waals surface area (Å²) in [6.07, 6.45) is 1.53. The molecular weight excluding hydrogens is 360 g/mol. The molecule has 0 aromatic heterocycles. The van der Waals surface area contributed by atoms with Crippen molar-refractivity contribution >= 4 is 28.8 Å². The van der Waals surface area contributed by atoms with Gasteiger partial charge in [-0.2, -0.15) is 0 Å². The number of hydrogen-bond donors (Lipinski definition) is 3. The lowest BCUT2D eigenvalue weighted by atomic mass is 9.88. The third-order valence-electron chi connectivity index (χ3n) is 4.69. The number of benzene rings is 3. The van der Waals surface area contributed by atoms with Crippen molar-refractivity contribution in [3.05, 3.63) is 95.0 Å². The molecule has 0 saturated carbocycles. The van der Waals surface area contributed by atoms with Crippen molar-refractivity contribution in [2.24, 2.45) is 5.73 Å². The topological polar surface area (TPSA) is 75.4 Å². The molecular formula is C22H17ClN2O2. The number of anilines is 1. The molecule has 1 unspecified atom stereocenters. The first kappa shape index (κ1) is 17.3. The van der Waals surface area contributed by atoms with Gasteiger partial charge in [-0.05, 0) is 41.0 Å². The molecule has 4 rings (SSSR count). The van der Waals surface area contributed by atoms with Crippen molar-refractivity contribution in [1.82, 2.24) is 0 Å². The largest absolute Gasteiger partial charge is 0.478 e. The van der Waals surface area contributed by atoms with Crippen LogP contribution in [0.5, 0.6) is 0 Å². The van der Waals surface area contributed by atoms with Crippen LogP contribution in [0.4, 0.5) is 5.69 Å². The van der Waals surface area contributed by atoms with Crippen molar-refractivity contribution in [3.8, 4) is 11.1 Å². The van der Waals surface area contributed by atoms with Crippen LogP contribution in [0.15, 0.2) is 78.9 Å². The molecule has 0 spiro atoms. The number of carboxylic acids is 1. The van der Waals surface area contributed by atoms with Crippen LogP contribution in [-0.4, -0.2) is 11.1 Å². The molecule has 5 heteroatoms. The molecule has 4 N–H and O–H groups in total. The minimum Gasteiger partial charge on any atom is -0.478 e. The molecule has 0 fully saturated rings. The van der Waals surface area contributed by atoms with Gasteiger partial charge in [-0.3, -0.25) is 0 Å². The molecule has 0 saturated heterocycles. The van der Waals surface area contributed by atoms with Crippen LogP contribution in [0, 0.1) is 0 Å². The third-order valence-corrected chi connectivity index (χ3v) is 4.92. The molecule has 27 heavy (non-hydrogen) atoms. The van der Waals surface area contributed by atoms with Crippen molar-refractivity contribution in [1.29, 1.82) is 0 Å². The van der Waals surface area contributed by atoms with E-state index in [1.165, 1.54) is 6.08 Å². The first-order valence-corrected chi connectivity index (χ1v) is 8.83. The SMILES string of the molecule is NC1(c2ccc(-c3ccccc3)cc2)C=C(C(=O)O)c2cc(Cl)ccc2N1. The number of carboxylic acid groups (broad SMARTS) is 1. The molecule has 0 amide bonds. The van der Waals surface area contributed by atoms with E-state index in [0.717, 1.165) is 16.7 Å². The molecule has 134 valence electrons. The minimum atomic E-state index is -1.14. The van der Waals surface area contributed by atoms with E-state index in [9.17, 15) is 9.90 Å². The summed E-state index contributed by atoms with van der Waals surface area (Å²) in [6.45, 7) is 0. The fraction of sp³-hybridized carbons (Fsp3) is 0.0455. The second kappa shape index (κ2) is 6.58. The van der Waals surface area contributed by atoms with Gasteiger partial charge in [-0.15, -0.1) is 0 Å². The Morgan fingerprint density at radius 1 is 0.963 bits per heavy atom. The number of carbonyl (C=O) groups is 1. The average Bonchev–Trinajstić information content (AvgIpc) is 2.68. The third kappa shape index (κ3) is 3.21. The van der Waals surface area contributed by atoms with E-state index < -0.39 is 11.6 Å². The van der Waals surface area contributed by atoms with E-state index in [1.54, 1.807) is 18.2 Å². The van der Waals surface area contributed by atoms with Crippen LogP contribution < -0.4 is 11.1 Å². The van der Waals surface area contributed by atoms with Gasteiger partial charge in [0.05, 0.1) is 5.57 Å². The maximum atomic E-state index is 11.8. The van der Waals surface area contributed by atoms with Crippen molar-refractivity contribution in [3.63, 3.8) is 0 Å². The van der Waals surface area contributed by atoms with Gasteiger partial charge in [0.15, 0.2) is 0 Å². The van der Waals surface area contributed by atoms with Crippen LogP contribution in [0.25, 0.3) is 16.7 Å². The molecule has 4 nitrogen and oxygen atoms in total. The number of nitrogens with two attached hydrogens (primary N) is 1. The zero-order valence-corrected chi connectivity index (χ0v) is 15.1. The van der Waals surface area contributed by atoms with E-state index in [4.69, 9.17) is 17.3 Å². The number of fused-ring (bicyclic) bond motifs is 1. The van der Waals surface area contributed by atoms with E-state index in [1.807, 2.05) is 54.6 Å². The summed E-state index contributed by atoms with van der Waals surface area (Å²) in [6, 6.07) is 22.9. The quantitative estimate of drug-likeness (QED) is 0.618. The summed E-state index contributed by atoms with van der Waals surface area (Å²) in [5.74, 6) is -1.05. The Morgan fingerprint density at radius 3 is 2.30 bits per heavy atom. The van der Waals surface area contributed by atoms with Gasteiger partial charge in [-0.25, -0.2) is 4.79 Å². The van der Waals surface area contributed by atoms with Crippen LogP contribution in [-0.2, 0) is 10.5 Å². The predicted molar refractivity (Wildman–Crippen MR) is 108 cm³/mol. The molecule has 3 aromatic rings. The zero-order chi connectivity index (χ0) is 19.0. The van der Waals surface area contributed by atoms with Gasteiger partial charge in [0.1, 0.15) is 5.66 Å². The fourth-order valence-corrected chi connectivity index (χ4v) is 3.49. The van der Waals surface area contributed by atoms with Gasteiger partial charge >= 0.3 is 5.97 Å². The fourth-order valence-electron chi connectivity index (χ4n) is 3.31. The highest BCUT2D eigenvalue weighted by Gasteiger charge is 2.33. The Morgan fingerprint density at radius 2 is 1.63 bits per heavy atom. The lowest BCUT2D eigenvalue weighted by Gasteiger charge is -2.34. The highest BCUT2D eigenvalue weighted by atomic mass is 35.5. The summed E-state index contributed by atoms with van der Waals surface area (Å²) >= 11 is 6.03. The van der Waals surface area contributed by atoms with Crippen LogP contribution in [0.3, 0.4) is 0 Å². The van der Waals surface area contributed by atoms with Crippen LogP contribution in [0.2, 0.25) is 5.02 Å². The minimum absolute atomic E-state index is 0.126. The van der Waals surface area contributed by atoms with E-state index in [0.29, 0.717) is 16.3 Å². The molecule has 1 aliphatic heterocycles. The molecule has 0 radical (unpaired) electrons. The van der Waals surface area contributed by atoms with Crippen molar-refractivity contribution < 1.29 is 9.90 Å². The zero-order valence-electron chi connectivity index (χ0n) is 14.3. The monoisotopic (exact) mass is 376 g/mol. The van der Waals surface area contributed by atoms with Gasteiger partial charge in [0, 0.05) is 16.3 Å². The number of nitrogens with one attached hydrogen (secondary N) is 1. The number of halogens is 1. The second-order valence-corrected chi connectivity index (χ2v) is 6.93. The van der Waals surface area contributed by atoms with Crippen LogP contribution in [0.1, 0.15) is 11.1 Å². The Bertz CT molecular complexity index is 1050. The Balaban J connectivity index is 1.76. The second-order valence-electron chi connectivity index (χ2n) is 6.49. The summed E-state index contributed by atoms with van der Waals surface area (Å²) in [5.41, 5.74) is 9.65. The average molecular weight is 377 g/mol. The maximum Gasteiger partial charge on any atom is 0.336 e. The van der Waals surface area contributed by atoms with Gasteiger partial charge < -0.3 is 16.2 Å². The molecule has 3 aromatic carbocycles. The van der Waals surface area contributed by atoms with E-state index in [2.05, 4.69) is 5.32 Å². The Labute approximate surface area is 161 Å². The molecule has 0 aliphatic carbocycles. The lowest BCUT2D eigenvalue weighted by molar-refractivity contribution is -0.130. The first-order chi connectivity index (χ1) is 13.0. The molecule has 1 aliphatic rings. The summed E-state index contributed by atoms with van der Waals surface area (Å²) in [7, 11) is 0. The standard InChI is InChI=1S/C22H17ClN2O2/c23-17-10-11-20-18(12-17)19(21(26)27)13-22(24,25-20)16-8-6-15(7-9-16)14-4-2-1-3-5-14/h1-13,25H,24H2,(H,26,27). The maximum absolute atomic E-state index is 11.8. The first-order valence-electron chi connectivity index (χ1n) is 8.45. The molecule has 0 bridgehead atoms. The highest BCUT2D eigenvalue weighted by molar-refractivity contribution is 6.31. The normalized spacial score (nSPS) is 18.2. The lowest BCUT2D eigenvalue weighted by Crippen LogP contribution is -2.45. The number of rotatable bonds is 3. The smallest absolute Gasteiger partial charge is 0.336 e. The highest BCUT2D eigenvalue weighted by Crippen LogP contribution is 2.38. The molecule has 1 atom stereocenters. The Hall–Kier alpha value is -3.08. The van der Waals surface area contributed by atoms with E-state index in [-0.39, 0.29) is 5.57 Å². The van der Waals surface area contributed by atoms with Crippen molar-refractivity contribution in [2.75, 3.05) is 5.32 Å². The van der Waals surface area contributed by atoms with Gasteiger partial charge in [0.25, 0.3) is 0 Å². The molecule has 1 heterocycles. The summed E-state index contributed by atoms with van der Waals surface area (Å²) in [4.78, 5) is 11.8. The number of aliphatic carboxylic acids is 1. The summed E-state index contributed by atoms with van der Waals surface area (Å²) < 4.78 is 0. The van der Waals surface area contributed by atoms with E-state index >= 15 is 0 Å². The van der Waals surface area contributed by atoms with Gasteiger partial charge in [0.2, 0.25) is 0 Å². The van der Waals surface area contributed by atoms with Crippen LogP contribution >= 0.6 is 11.6 Å². The van der Waals surface area contributed by atoms with Gasteiger partial charge in [-0.1, -0.05) is 66.2 Å². The van der Waals surface area contributed by atoms with Crippen molar-refractivity contribution in [2.45, 2.75) is 5.66 Å². The number of hydrogen-bond acceptors (Lipinski definition) is 3. The summed E-state index contributed by atoms with van der Waals surface area (Å²) in [5, 5.41) is 13.4.